The molecule has 1 aromatic carbocycles. The van der Waals surface area contributed by atoms with E-state index in [1.807, 2.05) is 0 Å². The fourth-order valence-electron chi connectivity index (χ4n) is 0.831. The summed E-state index contributed by atoms with van der Waals surface area (Å²) in [5, 5.41) is 9.22. The molecular weight excluding hydrogens is 291 g/mol. The molecule has 0 heterocycles. The average Bonchev–Trinajstić information content (AvgIpc) is 2.13. The van der Waals surface area contributed by atoms with Crippen LogP contribution in [0.5, 0.6) is 0 Å². The Bertz CT molecular complexity index is 402. The topological polar surface area (TPSA) is 37.3 Å². The standard InChI is InChI=1S/C9H5BrCl2O2/c10-8-5(2-4-7(13)14)1-3-6(11)9(8)12/h1-4H,(H,13,14)/b4-2+. The maximum Gasteiger partial charge on any atom is 0.328 e. The van der Waals surface area contributed by atoms with Gasteiger partial charge in [-0.05, 0) is 33.6 Å². The highest BCUT2D eigenvalue weighted by Gasteiger charge is 2.05. The Morgan fingerprint density at radius 3 is 2.64 bits per heavy atom. The normalized spacial score (nSPS) is 10.8. The van der Waals surface area contributed by atoms with Crippen LogP contribution < -0.4 is 0 Å². The Kier molecular flexibility index (Phi) is 3.98. The summed E-state index contributed by atoms with van der Waals surface area (Å²) in [6, 6.07) is 3.29. The lowest BCUT2D eigenvalue weighted by molar-refractivity contribution is -0.131. The molecule has 1 N–H and O–H groups in total. The van der Waals surface area contributed by atoms with Gasteiger partial charge in [0.1, 0.15) is 0 Å². The van der Waals surface area contributed by atoms with Crippen LogP contribution in [0.2, 0.25) is 10.0 Å². The van der Waals surface area contributed by atoms with E-state index in [9.17, 15) is 4.79 Å². The van der Waals surface area contributed by atoms with Crippen molar-refractivity contribution in [1.82, 2.24) is 0 Å². The molecule has 0 atom stereocenters. The van der Waals surface area contributed by atoms with Crippen molar-refractivity contribution in [2.75, 3.05) is 0 Å². The second kappa shape index (κ2) is 4.82. The van der Waals surface area contributed by atoms with Crippen molar-refractivity contribution in [2.24, 2.45) is 0 Å². The van der Waals surface area contributed by atoms with E-state index in [2.05, 4.69) is 15.9 Å². The van der Waals surface area contributed by atoms with E-state index in [-0.39, 0.29) is 0 Å². The van der Waals surface area contributed by atoms with Crippen molar-refractivity contribution < 1.29 is 9.90 Å². The maximum atomic E-state index is 10.3. The summed E-state index contributed by atoms with van der Waals surface area (Å²) in [6.07, 6.45) is 2.47. The average molecular weight is 296 g/mol. The molecule has 0 aliphatic carbocycles. The zero-order valence-electron chi connectivity index (χ0n) is 6.80. The summed E-state index contributed by atoms with van der Waals surface area (Å²) in [5.41, 5.74) is 0.668. The molecule has 2 nitrogen and oxygen atoms in total. The van der Waals surface area contributed by atoms with Gasteiger partial charge in [-0.15, -0.1) is 0 Å². The number of carbonyl (C=O) groups is 1. The Morgan fingerprint density at radius 2 is 2.07 bits per heavy atom. The molecule has 0 aromatic heterocycles. The number of carboxylic acids is 1. The highest BCUT2D eigenvalue weighted by molar-refractivity contribution is 9.10. The zero-order chi connectivity index (χ0) is 10.7. The molecule has 0 spiro atoms. The second-order valence-electron chi connectivity index (χ2n) is 2.44. The molecule has 74 valence electrons. The first kappa shape index (κ1) is 11.6. The van der Waals surface area contributed by atoms with E-state index >= 15 is 0 Å². The van der Waals surface area contributed by atoms with Gasteiger partial charge in [0, 0.05) is 10.5 Å². The molecule has 0 unspecified atom stereocenters. The van der Waals surface area contributed by atoms with Gasteiger partial charge in [-0.1, -0.05) is 29.3 Å². The van der Waals surface area contributed by atoms with Gasteiger partial charge in [0.05, 0.1) is 10.0 Å². The van der Waals surface area contributed by atoms with Crippen molar-refractivity contribution in [1.29, 1.82) is 0 Å². The van der Waals surface area contributed by atoms with Gasteiger partial charge in [-0.2, -0.15) is 0 Å². The van der Waals surface area contributed by atoms with Gasteiger partial charge in [0.2, 0.25) is 0 Å². The number of halogens is 3. The minimum atomic E-state index is -1.01. The molecule has 14 heavy (non-hydrogen) atoms. The predicted molar refractivity (Wildman–Crippen MR) is 60.8 cm³/mol. The monoisotopic (exact) mass is 294 g/mol. The molecule has 0 amide bonds. The van der Waals surface area contributed by atoms with Crippen LogP contribution in [-0.4, -0.2) is 11.1 Å². The number of hydrogen-bond acceptors (Lipinski definition) is 1. The van der Waals surface area contributed by atoms with Gasteiger partial charge < -0.3 is 5.11 Å². The van der Waals surface area contributed by atoms with Crippen LogP contribution >= 0.6 is 39.1 Å². The highest BCUT2D eigenvalue weighted by Crippen LogP contribution is 2.33. The Balaban J connectivity index is 3.12. The number of rotatable bonds is 2. The smallest absolute Gasteiger partial charge is 0.328 e. The maximum absolute atomic E-state index is 10.3. The quantitative estimate of drug-likeness (QED) is 0.664. The molecule has 0 saturated heterocycles. The molecule has 1 rings (SSSR count). The first-order chi connectivity index (χ1) is 6.52. The third-order valence-corrected chi connectivity index (χ3v) is 3.36. The van der Waals surface area contributed by atoms with Gasteiger partial charge in [0.25, 0.3) is 0 Å². The van der Waals surface area contributed by atoms with Crippen molar-refractivity contribution in [3.05, 3.63) is 38.3 Å². The third-order valence-electron chi connectivity index (χ3n) is 1.47. The first-order valence-electron chi connectivity index (χ1n) is 3.57. The minimum Gasteiger partial charge on any atom is -0.478 e. The lowest BCUT2D eigenvalue weighted by atomic mass is 10.2. The fraction of sp³-hybridized carbons (Fsp3) is 0. The molecule has 0 aliphatic rings. The lowest BCUT2D eigenvalue weighted by Crippen LogP contribution is -1.86. The Morgan fingerprint density at radius 1 is 1.43 bits per heavy atom. The molecule has 0 saturated carbocycles. The van der Waals surface area contributed by atoms with E-state index in [1.165, 1.54) is 6.08 Å². The summed E-state index contributed by atoms with van der Waals surface area (Å²) in [7, 11) is 0. The third kappa shape index (κ3) is 2.74. The van der Waals surface area contributed by atoms with Crippen LogP contribution in [0.4, 0.5) is 0 Å². The predicted octanol–water partition coefficient (Wildman–Crippen LogP) is 3.85. The van der Waals surface area contributed by atoms with Gasteiger partial charge in [0.15, 0.2) is 0 Å². The van der Waals surface area contributed by atoms with Crippen molar-refractivity contribution in [3.63, 3.8) is 0 Å². The fourth-order valence-corrected chi connectivity index (χ4v) is 1.75. The summed E-state index contributed by atoms with van der Waals surface area (Å²) in [5.74, 6) is -1.01. The molecule has 0 bridgehead atoms. The first-order valence-corrected chi connectivity index (χ1v) is 5.11. The van der Waals surface area contributed by atoms with Crippen LogP contribution in [0.1, 0.15) is 5.56 Å². The van der Waals surface area contributed by atoms with Gasteiger partial charge >= 0.3 is 5.97 Å². The highest BCUT2D eigenvalue weighted by atomic mass is 79.9. The molecular formula is C9H5BrCl2O2. The number of hydrogen-bond donors (Lipinski definition) is 1. The van der Waals surface area contributed by atoms with Crippen LogP contribution in [0.3, 0.4) is 0 Å². The molecule has 0 fully saturated rings. The van der Waals surface area contributed by atoms with Crippen molar-refractivity contribution in [3.8, 4) is 0 Å². The Hall–Kier alpha value is -0.510. The van der Waals surface area contributed by atoms with Crippen LogP contribution in [-0.2, 0) is 4.79 Å². The van der Waals surface area contributed by atoms with Crippen molar-refractivity contribution >= 4 is 51.2 Å². The summed E-state index contributed by atoms with van der Waals surface area (Å²) in [6.45, 7) is 0. The van der Waals surface area contributed by atoms with E-state index < -0.39 is 5.97 Å². The lowest BCUT2D eigenvalue weighted by Gasteiger charge is -2.02. The van der Waals surface area contributed by atoms with Gasteiger partial charge in [-0.25, -0.2) is 4.79 Å². The largest absolute Gasteiger partial charge is 0.478 e. The number of carboxylic acid groups (broad SMARTS) is 1. The summed E-state index contributed by atoms with van der Waals surface area (Å²) in [4.78, 5) is 10.3. The molecule has 5 heteroatoms. The van der Waals surface area contributed by atoms with E-state index in [1.54, 1.807) is 12.1 Å². The van der Waals surface area contributed by atoms with Crippen molar-refractivity contribution in [2.45, 2.75) is 0 Å². The van der Waals surface area contributed by atoms with E-state index in [0.29, 0.717) is 20.1 Å². The summed E-state index contributed by atoms with van der Waals surface area (Å²) < 4.78 is 0.587. The van der Waals surface area contributed by atoms with E-state index in [0.717, 1.165) is 6.08 Å². The van der Waals surface area contributed by atoms with E-state index in [4.69, 9.17) is 28.3 Å². The van der Waals surface area contributed by atoms with Crippen LogP contribution in [0, 0.1) is 0 Å². The van der Waals surface area contributed by atoms with Crippen LogP contribution in [0.25, 0.3) is 6.08 Å². The second-order valence-corrected chi connectivity index (χ2v) is 4.01. The minimum absolute atomic E-state index is 0.374. The Labute approximate surface area is 99.3 Å². The number of benzene rings is 1. The molecule has 0 radical (unpaired) electrons. The molecule has 0 aliphatic heterocycles. The summed E-state index contributed by atoms with van der Waals surface area (Å²) >= 11 is 14.8. The zero-order valence-corrected chi connectivity index (χ0v) is 9.90. The van der Waals surface area contributed by atoms with Crippen LogP contribution in [0.15, 0.2) is 22.7 Å². The molecule has 1 aromatic rings. The number of aliphatic carboxylic acids is 1. The van der Waals surface area contributed by atoms with Gasteiger partial charge in [-0.3, -0.25) is 0 Å². The SMILES string of the molecule is O=C(O)/C=C/c1ccc(Cl)c(Cl)c1Br.